The van der Waals surface area contributed by atoms with Crippen molar-refractivity contribution in [1.82, 2.24) is 19.3 Å². The number of hydrogen-bond donors (Lipinski definition) is 0. The number of aromatic nitrogens is 3. The molecule has 1 saturated heterocycles. The molecule has 0 N–H and O–H groups in total. The van der Waals surface area contributed by atoms with Crippen LogP contribution >= 0.6 is 0 Å². The minimum Gasteiger partial charge on any atom is -0.494 e. The van der Waals surface area contributed by atoms with Crippen LogP contribution in [-0.2, 0) is 10.0 Å². The lowest BCUT2D eigenvalue weighted by Crippen LogP contribution is -2.51. The van der Waals surface area contributed by atoms with Crippen molar-refractivity contribution in [2.24, 2.45) is 0 Å². The molecule has 1 aromatic heterocycles. The summed E-state index contributed by atoms with van der Waals surface area (Å²) in [5.41, 5.74) is 0.814. The van der Waals surface area contributed by atoms with Crippen LogP contribution in [0.3, 0.4) is 0 Å². The second-order valence-electron chi connectivity index (χ2n) is 5.19. The van der Waals surface area contributed by atoms with Crippen LogP contribution < -0.4 is 4.74 Å². The molecule has 0 unspecified atom stereocenters. The number of nitrogens with zero attached hydrogens (tertiary/aromatic N) is 4. The number of hydrogen-bond acceptors (Lipinski definition) is 5. The van der Waals surface area contributed by atoms with E-state index in [2.05, 4.69) is 10.2 Å². The lowest BCUT2D eigenvalue weighted by Gasteiger charge is -2.37. The molecule has 0 amide bonds. The van der Waals surface area contributed by atoms with Gasteiger partial charge in [0.1, 0.15) is 5.75 Å². The van der Waals surface area contributed by atoms with Gasteiger partial charge in [0.25, 0.3) is 0 Å². The second kappa shape index (κ2) is 5.69. The molecule has 2 aromatic rings. The van der Waals surface area contributed by atoms with Gasteiger partial charge in [-0.2, -0.15) is 19.3 Å². The molecule has 8 heteroatoms. The van der Waals surface area contributed by atoms with Gasteiger partial charge in [-0.3, -0.25) is 0 Å². The SMILES string of the molecule is CCOc1ccc(S(=O)(=O)N2CC(n3nccn3)C2)cc1C. The Morgan fingerprint density at radius 1 is 1.27 bits per heavy atom. The van der Waals surface area contributed by atoms with Gasteiger partial charge in [-0.05, 0) is 37.6 Å². The molecule has 0 saturated carbocycles. The van der Waals surface area contributed by atoms with Crippen molar-refractivity contribution in [3.63, 3.8) is 0 Å². The van der Waals surface area contributed by atoms with E-state index in [9.17, 15) is 8.42 Å². The lowest BCUT2D eigenvalue weighted by atomic mass is 10.2. The van der Waals surface area contributed by atoms with Gasteiger partial charge in [0.15, 0.2) is 0 Å². The molecule has 1 aromatic carbocycles. The van der Waals surface area contributed by atoms with Gasteiger partial charge in [-0.25, -0.2) is 8.42 Å². The molecule has 1 aliphatic rings. The lowest BCUT2D eigenvalue weighted by molar-refractivity contribution is 0.175. The Morgan fingerprint density at radius 2 is 1.95 bits per heavy atom. The van der Waals surface area contributed by atoms with Gasteiger partial charge < -0.3 is 4.74 Å². The van der Waals surface area contributed by atoms with Crippen molar-refractivity contribution in [3.05, 3.63) is 36.2 Å². The van der Waals surface area contributed by atoms with E-state index in [0.717, 1.165) is 5.56 Å². The van der Waals surface area contributed by atoms with Crippen LogP contribution in [0.1, 0.15) is 18.5 Å². The first-order chi connectivity index (χ1) is 10.5. The predicted octanol–water partition coefficient (Wildman–Crippen LogP) is 1.23. The molecule has 118 valence electrons. The maximum Gasteiger partial charge on any atom is 0.243 e. The van der Waals surface area contributed by atoms with E-state index in [1.807, 2.05) is 13.8 Å². The number of ether oxygens (including phenoxy) is 1. The summed E-state index contributed by atoms with van der Waals surface area (Å²) in [6.07, 6.45) is 3.18. The summed E-state index contributed by atoms with van der Waals surface area (Å²) in [5.74, 6) is 0.712. The molecule has 0 bridgehead atoms. The monoisotopic (exact) mass is 322 g/mol. The smallest absolute Gasteiger partial charge is 0.243 e. The van der Waals surface area contributed by atoms with E-state index in [1.165, 1.54) is 4.31 Å². The number of benzene rings is 1. The maximum atomic E-state index is 12.6. The normalized spacial score (nSPS) is 16.5. The zero-order valence-electron chi connectivity index (χ0n) is 12.5. The highest BCUT2D eigenvalue weighted by Gasteiger charge is 2.38. The van der Waals surface area contributed by atoms with Crippen LogP contribution in [0.15, 0.2) is 35.5 Å². The Morgan fingerprint density at radius 3 is 2.55 bits per heavy atom. The number of rotatable bonds is 5. The molecule has 0 aliphatic carbocycles. The molecule has 0 radical (unpaired) electrons. The van der Waals surface area contributed by atoms with Gasteiger partial charge in [-0.15, -0.1) is 0 Å². The third-order valence-electron chi connectivity index (χ3n) is 3.68. The Bertz CT molecular complexity index is 752. The van der Waals surface area contributed by atoms with E-state index in [1.54, 1.807) is 35.4 Å². The Balaban J connectivity index is 1.75. The third-order valence-corrected chi connectivity index (χ3v) is 5.50. The highest BCUT2D eigenvalue weighted by atomic mass is 32.2. The Kier molecular flexibility index (Phi) is 3.88. The van der Waals surface area contributed by atoms with Crippen LogP contribution in [-0.4, -0.2) is 47.4 Å². The largest absolute Gasteiger partial charge is 0.494 e. The first kappa shape index (κ1) is 15.0. The molecule has 0 spiro atoms. The second-order valence-corrected chi connectivity index (χ2v) is 7.12. The highest BCUT2D eigenvalue weighted by Crippen LogP contribution is 2.29. The zero-order valence-corrected chi connectivity index (χ0v) is 13.3. The molecule has 3 rings (SSSR count). The molecule has 2 heterocycles. The summed E-state index contributed by atoms with van der Waals surface area (Å²) in [7, 11) is -3.47. The van der Waals surface area contributed by atoms with Gasteiger partial charge in [0.2, 0.25) is 10.0 Å². The summed E-state index contributed by atoms with van der Waals surface area (Å²) >= 11 is 0. The van der Waals surface area contributed by atoms with Crippen molar-refractivity contribution in [1.29, 1.82) is 0 Å². The van der Waals surface area contributed by atoms with E-state index < -0.39 is 10.0 Å². The predicted molar refractivity (Wildman–Crippen MR) is 80.2 cm³/mol. The Labute approximate surface area is 129 Å². The molecule has 0 atom stereocenters. The Hall–Kier alpha value is -1.93. The minimum absolute atomic E-state index is 0.00794. The minimum atomic E-state index is -3.47. The first-order valence-corrected chi connectivity index (χ1v) is 8.55. The molecule has 22 heavy (non-hydrogen) atoms. The van der Waals surface area contributed by atoms with Crippen LogP contribution in [0.2, 0.25) is 0 Å². The fourth-order valence-corrected chi connectivity index (χ4v) is 4.02. The number of aryl methyl sites for hydroxylation is 1. The highest BCUT2D eigenvalue weighted by molar-refractivity contribution is 7.89. The van der Waals surface area contributed by atoms with Crippen molar-refractivity contribution in [2.75, 3.05) is 19.7 Å². The van der Waals surface area contributed by atoms with Gasteiger partial charge >= 0.3 is 0 Å². The zero-order chi connectivity index (χ0) is 15.7. The summed E-state index contributed by atoms with van der Waals surface area (Å²) in [5, 5.41) is 8.08. The van der Waals surface area contributed by atoms with E-state index >= 15 is 0 Å². The molecule has 7 nitrogen and oxygen atoms in total. The summed E-state index contributed by atoms with van der Waals surface area (Å²) < 4.78 is 32.1. The van der Waals surface area contributed by atoms with E-state index in [4.69, 9.17) is 4.74 Å². The van der Waals surface area contributed by atoms with E-state index in [-0.39, 0.29) is 6.04 Å². The molecule has 1 fully saturated rings. The average molecular weight is 322 g/mol. The standard InChI is InChI=1S/C14H18N4O3S/c1-3-21-14-5-4-13(8-11(14)2)22(19,20)17-9-12(10-17)18-15-6-7-16-18/h4-8,12H,3,9-10H2,1-2H3. The van der Waals surface area contributed by atoms with Crippen LogP contribution in [0, 0.1) is 6.92 Å². The average Bonchev–Trinajstić information content (AvgIpc) is 2.93. The molecular weight excluding hydrogens is 304 g/mol. The van der Waals surface area contributed by atoms with Crippen LogP contribution in [0.4, 0.5) is 0 Å². The van der Waals surface area contributed by atoms with Gasteiger partial charge in [0, 0.05) is 13.1 Å². The first-order valence-electron chi connectivity index (χ1n) is 7.11. The van der Waals surface area contributed by atoms with Crippen LogP contribution in [0.5, 0.6) is 5.75 Å². The van der Waals surface area contributed by atoms with Crippen molar-refractivity contribution >= 4 is 10.0 Å². The third kappa shape index (κ3) is 2.59. The van der Waals surface area contributed by atoms with Crippen molar-refractivity contribution < 1.29 is 13.2 Å². The van der Waals surface area contributed by atoms with Gasteiger partial charge in [0.05, 0.1) is 29.9 Å². The van der Waals surface area contributed by atoms with Crippen LogP contribution in [0.25, 0.3) is 0 Å². The quantitative estimate of drug-likeness (QED) is 0.827. The summed E-state index contributed by atoms with van der Waals surface area (Å²) in [6, 6.07) is 4.96. The topological polar surface area (TPSA) is 77.3 Å². The summed E-state index contributed by atoms with van der Waals surface area (Å²) in [4.78, 5) is 1.84. The van der Waals surface area contributed by atoms with Crippen molar-refractivity contribution in [2.45, 2.75) is 24.8 Å². The fraction of sp³-hybridized carbons (Fsp3) is 0.429. The van der Waals surface area contributed by atoms with Gasteiger partial charge in [-0.1, -0.05) is 0 Å². The summed E-state index contributed by atoms with van der Waals surface area (Å²) in [6.45, 7) is 5.08. The molecular formula is C14H18N4O3S. The fourth-order valence-electron chi connectivity index (χ4n) is 2.42. The van der Waals surface area contributed by atoms with E-state index in [0.29, 0.717) is 30.3 Å². The number of sulfonamides is 1. The van der Waals surface area contributed by atoms with Crippen molar-refractivity contribution in [3.8, 4) is 5.75 Å². The maximum absolute atomic E-state index is 12.6. The molecule has 1 aliphatic heterocycles.